The van der Waals surface area contributed by atoms with E-state index in [4.69, 9.17) is 5.73 Å². The summed E-state index contributed by atoms with van der Waals surface area (Å²) in [6, 6.07) is 3.75. The second-order valence-corrected chi connectivity index (χ2v) is 2.62. The van der Waals surface area contributed by atoms with Crippen LogP contribution in [0.25, 0.3) is 5.65 Å². The van der Waals surface area contributed by atoms with Gasteiger partial charge >= 0.3 is 0 Å². The smallest absolute Gasteiger partial charge is 0.138 e. The van der Waals surface area contributed by atoms with Crippen LogP contribution >= 0.6 is 0 Å². The zero-order valence-corrected chi connectivity index (χ0v) is 6.28. The molecule has 0 saturated carbocycles. The second-order valence-electron chi connectivity index (χ2n) is 2.62. The molecule has 0 aliphatic rings. The van der Waals surface area contributed by atoms with Crippen molar-refractivity contribution in [1.82, 2.24) is 9.38 Å². The Morgan fingerprint density at radius 2 is 2.27 bits per heavy atom. The van der Waals surface area contributed by atoms with Gasteiger partial charge in [0.05, 0.1) is 0 Å². The van der Waals surface area contributed by atoms with Crippen molar-refractivity contribution >= 4 is 11.5 Å². The maximum Gasteiger partial charge on any atom is 0.138 e. The molecule has 0 aromatic carbocycles. The number of aryl methyl sites for hydroxylation is 1. The molecule has 2 rings (SSSR count). The van der Waals surface area contributed by atoms with Gasteiger partial charge in [-0.25, -0.2) is 4.98 Å². The SMILES string of the molecule is Cc1cnc2ccc(N)n2c1. The summed E-state index contributed by atoms with van der Waals surface area (Å²) in [5.74, 6) is 0.733. The lowest BCUT2D eigenvalue weighted by Crippen LogP contribution is -1.94. The van der Waals surface area contributed by atoms with E-state index in [0.29, 0.717) is 0 Å². The number of aromatic nitrogens is 2. The first kappa shape index (κ1) is 6.22. The highest BCUT2D eigenvalue weighted by Crippen LogP contribution is 2.09. The molecule has 0 saturated heterocycles. The number of nitrogen functional groups attached to an aromatic ring is 1. The predicted octanol–water partition coefficient (Wildman–Crippen LogP) is 1.22. The summed E-state index contributed by atoms with van der Waals surface area (Å²) in [5, 5.41) is 0. The lowest BCUT2D eigenvalue weighted by atomic mass is 10.4. The van der Waals surface area contributed by atoms with E-state index in [9.17, 15) is 0 Å². The fourth-order valence-corrected chi connectivity index (χ4v) is 1.10. The first-order valence-electron chi connectivity index (χ1n) is 3.46. The fourth-order valence-electron chi connectivity index (χ4n) is 1.10. The molecule has 0 spiro atoms. The van der Waals surface area contributed by atoms with E-state index in [-0.39, 0.29) is 0 Å². The van der Waals surface area contributed by atoms with Crippen molar-refractivity contribution in [3.05, 3.63) is 30.1 Å². The average molecular weight is 147 g/mol. The van der Waals surface area contributed by atoms with Crippen LogP contribution in [0.2, 0.25) is 0 Å². The maximum absolute atomic E-state index is 5.67. The first-order chi connectivity index (χ1) is 5.27. The van der Waals surface area contributed by atoms with E-state index in [1.165, 1.54) is 0 Å². The minimum atomic E-state index is 0.733. The molecule has 56 valence electrons. The summed E-state index contributed by atoms with van der Waals surface area (Å²) in [6.45, 7) is 1.99. The molecule has 0 aliphatic heterocycles. The topological polar surface area (TPSA) is 43.3 Å². The highest BCUT2D eigenvalue weighted by molar-refractivity contribution is 5.50. The van der Waals surface area contributed by atoms with Crippen molar-refractivity contribution in [2.75, 3.05) is 5.73 Å². The Labute approximate surface area is 64.5 Å². The van der Waals surface area contributed by atoms with Gasteiger partial charge in [0.15, 0.2) is 0 Å². The van der Waals surface area contributed by atoms with Gasteiger partial charge in [0.25, 0.3) is 0 Å². The lowest BCUT2D eigenvalue weighted by Gasteiger charge is -1.97. The summed E-state index contributed by atoms with van der Waals surface area (Å²) >= 11 is 0. The van der Waals surface area contributed by atoms with E-state index in [2.05, 4.69) is 4.98 Å². The quantitative estimate of drug-likeness (QED) is 0.609. The lowest BCUT2D eigenvalue weighted by molar-refractivity contribution is 1.11. The number of anilines is 1. The number of nitrogens with zero attached hydrogens (tertiary/aromatic N) is 2. The van der Waals surface area contributed by atoms with Crippen molar-refractivity contribution in [3.8, 4) is 0 Å². The summed E-state index contributed by atoms with van der Waals surface area (Å²) in [7, 11) is 0. The summed E-state index contributed by atoms with van der Waals surface area (Å²) in [5.41, 5.74) is 7.68. The van der Waals surface area contributed by atoms with Crippen LogP contribution in [-0.2, 0) is 0 Å². The largest absolute Gasteiger partial charge is 0.385 e. The van der Waals surface area contributed by atoms with Crippen LogP contribution in [0.5, 0.6) is 0 Å². The monoisotopic (exact) mass is 147 g/mol. The van der Waals surface area contributed by atoms with Gasteiger partial charge in [-0.05, 0) is 24.6 Å². The molecule has 3 nitrogen and oxygen atoms in total. The molecule has 11 heavy (non-hydrogen) atoms. The molecule has 0 bridgehead atoms. The third-order valence-electron chi connectivity index (χ3n) is 1.66. The zero-order valence-electron chi connectivity index (χ0n) is 6.28. The van der Waals surface area contributed by atoms with Gasteiger partial charge in [0.2, 0.25) is 0 Å². The van der Waals surface area contributed by atoms with Crippen LogP contribution in [0, 0.1) is 6.92 Å². The van der Waals surface area contributed by atoms with Gasteiger partial charge in [0, 0.05) is 12.4 Å². The van der Waals surface area contributed by atoms with E-state index >= 15 is 0 Å². The molecule has 0 amide bonds. The molecule has 2 aromatic rings. The number of hydrogen-bond acceptors (Lipinski definition) is 2. The van der Waals surface area contributed by atoms with Crippen LogP contribution in [-0.4, -0.2) is 9.38 Å². The van der Waals surface area contributed by atoms with Gasteiger partial charge in [-0.3, -0.25) is 4.40 Å². The number of rotatable bonds is 0. The maximum atomic E-state index is 5.67. The highest BCUT2D eigenvalue weighted by Gasteiger charge is 1.96. The second kappa shape index (κ2) is 1.99. The molecule has 2 aromatic heterocycles. The molecule has 2 N–H and O–H groups in total. The highest BCUT2D eigenvalue weighted by atomic mass is 15.0. The van der Waals surface area contributed by atoms with E-state index in [1.54, 1.807) is 0 Å². The standard InChI is InChI=1S/C8H9N3/c1-6-4-10-8-3-2-7(9)11(8)5-6/h2-5H,9H2,1H3. The summed E-state index contributed by atoms with van der Waals surface area (Å²) in [4.78, 5) is 4.18. The van der Waals surface area contributed by atoms with Crippen molar-refractivity contribution in [2.45, 2.75) is 6.92 Å². The van der Waals surface area contributed by atoms with Gasteiger partial charge in [0.1, 0.15) is 11.5 Å². The minimum Gasteiger partial charge on any atom is -0.385 e. The molecular formula is C8H9N3. The van der Waals surface area contributed by atoms with Crippen LogP contribution in [0.1, 0.15) is 5.56 Å². The predicted molar refractivity (Wildman–Crippen MR) is 44.3 cm³/mol. The molecule has 2 heterocycles. The normalized spacial score (nSPS) is 10.6. The van der Waals surface area contributed by atoms with Crippen molar-refractivity contribution in [2.24, 2.45) is 0 Å². The molecule has 3 heteroatoms. The zero-order chi connectivity index (χ0) is 7.84. The Morgan fingerprint density at radius 1 is 1.45 bits per heavy atom. The Kier molecular flexibility index (Phi) is 1.12. The number of fused-ring (bicyclic) bond motifs is 1. The van der Waals surface area contributed by atoms with Crippen LogP contribution in [0.4, 0.5) is 5.82 Å². The Morgan fingerprint density at radius 3 is 3.09 bits per heavy atom. The number of nitrogens with two attached hydrogens (primary N) is 1. The summed E-state index contributed by atoms with van der Waals surface area (Å²) < 4.78 is 1.87. The molecule has 0 aliphatic carbocycles. The van der Waals surface area contributed by atoms with Crippen molar-refractivity contribution in [3.63, 3.8) is 0 Å². The molecular weight excluding hydrogens is 138 g/mol. The van der Waals surface area contributed by atoms with E-state index in [0.717, 1.165) is 17.0 Å². The molecule has 0 fully saturated rings. The Balaban J connectivity index is 2.87. The van der Waals surface area contributed by atoms with Gasteiger partial charge in [-0.2, -0.15) is 0 Å². The summed E-state index contributed by atoms with van der Waals surface area (Å²) in [6.07, 6.45) is 3.80. The van der Waals surface area contributed by atoms with Gasteiger partial charge in [-0.15, -0.1) is 0 Å². The molecule has 0 atom stereocenters. The van der Waals surface area contributed by atoms with Crippen LogP contribution in [0.15, 0.2) is 24.5 Å². The van der Waals surface area contributed by atoms with E-state index in [1.807, 2.05) is 35.9 Å². The van der Waals surface area contributed by atoms with Gasteiger partial charge < -0.3 is 5.73 Å². The molecule has 0 unspecified atom stereocenters. The fraction of sp³-hybridized carbons (Fsp3) is 0.125. The third-order valence-corrected chi connectivity index (χ3v) is 1.66. The minimum absolute atomic E-state index is 0.733. The van der Waals surface area contributed by atoms with E-state index < -0.39 is 0 Å². The Hall–Kier alpha value is -1.51. The first-order valence-corrected chi connectivity index (χ1v) is 3.46. The van der Waals surface area contributed by atoms with Crippen molar-refractivity contribution in [1.29, 1.82) is 0 Å². The van der Waals surface area contributed by atoms with Crippen LogP contribution in [0.3, 0.4) is 0 Å². The number of hydrogen-bond donors (Lipinski definition) is 1. The average Bonchev–Trinajstić information content (AvgIpc) is 2.33. The van der Waals surface area contributed by atoms with Crippen LogP contribution < -0.4 is 5.73 Å². The third kappa shape index (κ3) is 0.852. The van der Waals surface area contributed by atoms with Crippen molar-refractivity contribution < 1.29 is 0 Å². The Bertz CT molecular complexity index is 389. The van der Waals surface area contributed by atoms with Gasteiger partial charge in [-0.1, -0.05) is 0 Å². The molecule has 0 radical (unpaired) electrons.